The van der Waals surface area contributed by atoms with Crippen molar-refractivity contribution in [3.63, 3.8) is 0 Å². The van der Waals surface area contributed by atoms with E-state index in [4.69, 9.17) is 4.74 Å². The number of benzene rings is 1. The number of piperidine rings is 1. The molecule has 2 amide bonds. The van der Waals surface area contributed by atoms with E-state index in [0.717, 1.165) is 25.0 Å². The molecule has 1 fully saturated rings. The molecule has 36 heavy (non-hydrogen) atoms. The average Bonchev–Trinajstić information content (AvgIpc) is 3.45. The van der Waals surface area contributed by atoms with Crippen LogP contribution >= 0.6 is 11.3 Å². The van der Waals surface area contributed by atoms with Crippen LogP contribution in [0.5, 0.6) is 0 Å². The molecule has 1 aliphatic heterocycles. The lowest BCUT2D eigenvalue weighted by Gasteiger charge is -2.36. The fraction of sp³-hybridized carbons (Fsp3) is 0.462. The van der Waals surface area contributed by atoms with Gasteiger partial charge in [0.1, 0.15) is 27.8 Å². The van der Waals surface area contributed by atoms with Crippen LogP contribution in [-0.4, -0.2) is 50.3 Å². The van der Waals surface area contributed by atoms with Crippen molar-refractivity contribution in [3.8, 4) is 21.8 Å². The summed E-state index contributed by atoms with van der Waals surface area (Å²) in [6.45, 7) is 9.87. The fourth-order valence-corrected chi connectivity index (χ4v) is 5.09. The second-order valence-corrected chi connectivity index (χ2v) is 11.1. The van der Waals surface area contributed by atoms with E-state index < -0.39 is 5.60 Å². The summed E-state index contributed by atoms with van der Waals surface area (Å²) in [5, 5.41) is 12.9. The number of nitrogens with one attached hydrogen (secondary N) is 2. The first kappa shape index (κ1) is 25.8. The SMILES string of the molecule is CC(C)NC(=O)c1csc(-c2c(-c3ccc(F)cc3)n[nH]c2C2CCCCN2C(=O)OC(C)(C)C)n1. The number of nitrogens with zero attached hydrogens (tertiary/aromatic N) is 3. The number of rotatable bonds is 5. The van der Waals surface area contributed by atoms with Crippen molar-refractivity contribution in [3.05, 3.63) is 46.9 Å². The van der Waals surface area contributed by atoms with E-state index in [1.54, 1.807) is 22.4 Å². The van der Waals surface area contributed by atoms with Gasteiger partial charge in [0.2, 0.25) is 0 Å². The highest BCUT2D eigenvalue weighted by Gasteiger charge is 2.35. The van der Waals surface area contributed by atoms with Gasteiger partial charge in [-0.25, -0.2) is 14.2 Å². The number of aromatic amines is 1. The van der Waals surface area contributed by atoms with Crippen molar-refractivity contribution < 1.29 is 18.7 Å². The number of carbonyl (C=O) groups is 2. The quantitative estimate of drug-likeness (QED) is 0.440. The maximum Gasteiger partial charge on any atom is 0.410 e. The monoisotopic (exact) mass is 513 g/mol. The molecule has 1 aromatic carbocycles. The molecule has 0 spiro atoms. The second kappa shape index (κ2) is 10.4. The summed E-state index contributed by atoms with van der Waals surface area (Å²) in [6.07, 6.45) is 2.16. The molecule has 1 saturated heterocycles. The molecule has 3 aromatic rings. The van der Waals surface area contributed by atoms with Crippen LogP contribution in [0.1, 0.15) is 76.1 Å². The summed E-state index contributed by atoms with van der Waals surface area (Å²) in [5.74, 6) is -0.602. The Morgan fingerprint density at radius 2 is 1.94 bits per heavy atom. The maximum atomic E-state index is 13.7. The first-order valence-corrected chi connectivity index (χ1v) is 13.0. The van der Waals surface area contributed by atoms with Gasteiger partial charge in [-0.05, 0) is 78.1 Å². The van der Waals surface area contributed by atoms with E-state index in [0.29, 0.717) is 34.1 Å². The topological polar surface area (TPSA) is 100 Å². The number of likely N-dealkylation sites (tertiary alicyclic amines) is 1. The lowest BCUT2D eigenvalue weighted by Crippen LogP contribution is -2.42. The van der Waals surface area contributed by atoms with Gasteiger partial charge in [-0.3, -0.25) is 14.8 Å². The Bertz CT molecular complexity index is 1230. The number of thiazole rings is 1. The number of halogens is 1. The Morgan fingerprint density at radius 1 is 1.22 bits per heavy atom. The van der Waals surface area contributed by atoms with Gasteiger partial charge in [0.25, 0.3) is 5.91 Å². The van der Waals surface area contributed by atoms with Crippen LogP contribution in [-0.2, 0) is 4.74 Å². The molecule has 1 unspecified atom stereocenters. The minimum atomic E-state index is -0.622. The van der Waals surface area contributed by atoms with Crippen LogP contribution in [0.2, 0.25) is 0 Å². The van der Waals surface area contributed by atoms with Crippen LogP contribution in [0.4, 0.5) is 9.18 Å². The Kier molecular flexibility index (Phi) is 7.44. The highest BCUT2D eigenvalue weighted by molar-refractivity contribution is 7.13. The molecule has 0 bridgehead atoms. The number of carbonyl (C=O) groups excluding carboxylic acids is 2. The maximum absolute atomic E-state index is 13.7. The van der Waals surface area contributed by atoms with Gasteiger partial charge in [0.15, 0.2) is 0 Å². The van der Waals surface area contributed by atoms with Crippen LogP contribution < -0.4 is 5.32 Å². The van der Waals surface area contributed by atoms with Crippen molar-refractivity contribution in [2.45, 2.75) is 71.6 Å². The second-order valence-electron chi connectivity index (χ2n) is 10.2. The van der Waals surface area contributed by atoms with Crippen LogP contribution in [0.25, 0.3) is 21.8 Å². The van der Waals surface area contributed by atoms with E-state index >= 15 is 0 Å². The molecule has 0 saturated carbocycles. The van der Waals surface area contributed by atoms with Gasteiger partial charge in [-0.15, -0.1) is 11.3 Å². The van der Waals surface area contributed by atoms with Crippen LogP contribution in [0.15, 0.2) is 29.6 Å². The summed E-state index contributed by atoms with van der Waals surface area (Å²) in [4.78, 5) is 32.1. The van der Waals surface area contributed by atoms with E-state index in [9.17, 15) is 14.0 Å². The standard InChI is InChI=1S/C26H32FN5O3S/c1-15(2)28-23(33)18-14-36-24(29-18)20-21(16-9-11-17(27)12-10-16)30-31-22(20)19-8-6-7-13-32(19)25(34)35-26(3,4)5/h9-12,14-15,19H,6-8,13H2,1-5H3,(H,28,33)(H,30,31). The smallest absolute Gasteiger partial charge is 0.410 e. The fourth-order valence-electron chi connectivity index (χ4n) is 4.23. The molecule has 4 rings (SSSR count). The Labute approximate surface area is 214 Å². The lowest BCUT2D eigenvalue weighted by molar-refractivity contribution is 0.00906. The molecule has 1 atom stereocenters. The highest BCUT2D eigenvalue weighted by atomic mass is 32.1. The molecule has 0 radical (unpaired) electrons. The van der Waals surface area contributed by atoms with Crippen molar-refractivity contribution >= 4 is 23.3 Å². The number of hydrogen-bond acceptors (Lipinski definition) is 6. The number of H-pyrrole nitrogens is 1. The number of amides is 2. The van der Waals surface area contributed by atoms with E-state index in [-0.39, 0.29) is 29.9 Å². The van der Waals surface area contributed by atoms with Gasteiger partial charge in [-0.1, -0.05) is 0 Å². The summed E-state index contributed by atoms with van der Waals surface area (Å²) < 4.78 is 19.3. The van der Waals surface area contributed by atoms with Crippen molar-refractivity contribution in [1.29, 1.82) is 0 Å². The number of ether oxygens (including phenoxy) is 1. The van der Waals surface area contributed by atoms with E-state index in [1.807, 2.05) is 34.6 Å². The zero-order chi connectivity index (χ0) is 26.0. The van der Waals surface area contributed by atoms with Gasteiger partial charge in [-0.2, -0.15) is 5.10 Å². The molecule has 1 aliphatic rings. The average molecular weight is 514 g/mol. The normalized spacial score (nSPS) is 16.3. The van der Waals surface area contributed by atoms with Gasteiger partial charge in [0, 0.05) is 23.5 Å². The van der Waals surface area contributed by atoms with Crippen molar-refractivity contribution in [2.75, 3.05) is 6.54 Å². The summed E-state index contributed by atoms with van der Waals surface area (Å²) in [5.41, 5.74) is 2.42. The Hall–Kier alpha value is -3.27. The third-order valence-corrected chi connectivity index (χ3v) is 6.61. The molecule has 192 valence electrons. The third-order valence-electron chi connectivity index (χ3n) is 5.75. The van der Waals surface area contributed by atoms with E-state index in [1.165, 1.54) is 23.5 Å². The lowest BCUT2D eigenvalue weighted by atomic mass is 9.95. The van der Waals surface area contributed by atoms with Crippen LogP contribution in [0, 0.1) is 5.82 Å². The molecule has 3 heterocycles. The molecular formula is C26H32FN5O3S. The molecular weight excluding hydrogens is 481 g/mol. The molecule has 2 aromatic heterocycles. The molecule has 8 nitrogen and oxygen atoms in total. The van der Waals surface area contributed by atoms with Gasteiger partial charge < -0.3 is 10.1 Å². The molecule has 0 aliphatic carbocycles. The van der Waals surface area contributed by atoms with Crippen LogP contribution in [0.3, 0.4) is 0 Å². The predicted octanol–water partition coefficient (Wildman–Crippen LogP) is 5.94. The van der Waals surface area contributed by atoms with Gasteiger partial charge in [0.05, 0.1) is 17.3 Å². The Morgan fingerprint density at radius 3 is 2.61 bits per heavy atom. The van der Waals surface area contributed by atoms with Gasteiger partial charge >= 0.3 is 6.09 Å². The third kappa shape index (κ3) is 5.75. The largest absolute Gasteiger partial charge is 0.444 e. The minimum absolute atomic E-state index is 0.0217. The number of hydrogen-bond donors (Lipinski definition) is 2. The minimum Gasteiger partial charge on any atom is -0.444 e. The Balaban J connectivity index is 1.79. The van der Waals surface area contributed by atoms with Crippen molar-refractivity contribution in [2.24, 2.45) is 0 Å². The van der Waals surface area contributed by atoms with Crippen molar-refractivity contribution in [1.82, 2.24) is 25.4 Å². The zero-order valence-corrected chi connectivity index (χ0v) is 22.0. The predicted molar refractivity (Wildman–Crippen MR) is 137 cm³/mol. The number of aromatic nitrogens is 3. The molecule has 2 N–H and O–H groups in total. The summed E-state index contributed by atoms with van der Waals surface area (Å²) >= 11 is 1.33. The zero-order valence-electron chi connectivity index (χ0n) is 21.2. The first-order valence-electron chi connectivity index (χ1n) is 12.1. The summed E-state index contributed by atoms with van der Waals surface area (Å²) in [7, 11) is 0. The molecule has 10 heteroatoms. The highest BCUT2D eigenvalue weighted by Crippen LogP contribution is 2.42. The first-order chi connectivity index (χ1) is 17.0. The van der Waals surface area contributed by atoms with E-state index in [2.05, 4.69) is 20.5 Å². The summed E-state index contributed by atoms with van der Waals surface area (Å²) in [6, 6.07) is 5.75.